The number of benzene rings is 1. The summed E-state index contributed by atoms with van der Waals surface area (Å²) < 4.78 is 6.71. The minimum Gasteiger partial charge on any atom is -0.465 e. The van der Waals surface area contributed by atoms with Crippen LogP contribution in [0.4, 0.5) is 5.00 Å². The third-order valence-corrected chi connectivity index (χ3v) is 6.96. The molecule has 0 spiro atoms. The van der Waals surface area contributed by atoms with Crippen LogP contribution in [0, 0.1) is 13.8 Å². The molecule has 3 rings (SSSR count). The third-order valence-electron chi connectivity index (χ3n) is 4.56. The van der Waals surface area contributed by atoms with Crippen LogP contribution in [0.1, 0.15) is 32.2 Å². The number of anilines is 1. The van der Waals surface area contributed by atoms with Gasteiger partial charge in [0.2, 0.25) is 5.91 Å². The molecule has 0 aliphatic heterocycles. The van der Waals surface area contributed by atoms with Gasteiger partial charge in [0.25, 0.3) is 0 Å². The monoisotopic (exact) mass is 464 g/mol. The molecule has 1 aromatic carbocycles. The smallest absolute Gasteiger partial charge is 0.341 e. The van der Waals surface area contributed by atoms with E-state index >= 15 is 0 Å². The van der Waals surface area contributed by atoms with Gasteiger partial charge in [0.05, 0.1) is 18.4 Å². The van der Waals surface area contributed by atoms with Gasteiger partial charge < -0.3 is 14.6 Å². The largest absolute Gasteiger partial charge is 0.465 e. The SMILES string of the molecule is COC(=O)c1c(NC(=O)CSc2nnc(Cc3ccc(Cl)cc3)n2C)sc(C)c1C. The van der Waals surface area contributed by atoms with E-state index in [0.717, 1.165) is 21.8 Å². The molecule has 0 atom stereocenters. The van der Waals surface area contributed by atoms with Gasteiger partial charge in [-0.2, -0.15) is 0 Å². The lowest BCUT2D eigenvalue weighted by Gasteiger charge is -2.06. The Morgan fingerprint density at radius 1 is 1.23 bits per heavy atom. The fourth-order valence-electron chi connectivity index (χ4n) is 2.77. The van der Waals surface area contributed by atoms with Gasteiger partial charge in [0, 0.05) is 23.4 Å². The van der Waals surface area contributed by atoms with Crippen molar-refractivity contribution in [2.24, 2.45) is 7.05 Å². The summed E-state index contributed by atoms with van der Waals surface area (Å²) in [7, 11) is 3.19. The van der Waals surface area contributed by atoms with E-state index in [1.807, 2.05) is 49.7 Å². The quantitative estimate of drug-likeness (QED) is 0.415. The number of thioether (sulfide) groups is 1. The Balaban J connectivity index is 1.63. The highest BCUT2D eigenvalue weighted by molar-refractivity contribution is 7.99. The van der Waals surface area contributed by atoms with E-state index in [0.29, 0.717) is 27.2 Å². The average Bonchev–Trinajstić information content (AvgIpc) is 3.20. The number of nitrogens with one attached hydrogen (secondary N) is 1. The topological polar surface area (TPSA) is 86.1 Å². The first-order chi connectivity index (χ1) is 14.3. The van der Waals surface area contributed by atoms with E-state index in [1.165, 1.54) is 30.2 Å². The number of halogens is 1. The highest BCUT2D eigenvalue weighted by Gasteiger charge is 2.22. The fraction of sp³-hybridized carbons (Fsp3) is 0.300. The lowest BCUT2D eigenvalue weighted by atomic mass is 10.1. The Labute approximate surface area is 187 Å². The zero-order chi connectivity index (χ0) is 21.8. The van der Waals surface area contributed by atoms with Crippen molar-refractivity contribution in [1.29, 1.82) is 0 Å². The Morgan fingerprint density at radius 3 is 2.60 bits per heavy atom. The third kappa shape index (κ3) is 5.03. The predicted molar refractivity (Wildman–Crippen MR) is 120 cm³/mol. The maximum atomic E-state index is 12.5. The lowest BCUT2D eigenvalue weighted by molar-refractivity contribution is -0.113. The normalized spacial score (nSPS) is 10.8. The molecule has 0 bridgehead atoms. The summed E-state index contributed by atoms with van der Waals surface area (Å²) in [6.45, 7) is 3.74. The van der Waals surface area contributed by atoms with Crippen molar-refractivity contribution in [2.75, 3.05) is 18.2 Å². The number of methoxy groups -OCH3 is 1. The van der Waals surface area contributed by atoms with Gasteiger partial charge in [0.15, 0.2) is 5.16 Å². The molecule has 0 radical (unpaired) electrons. The second-order valence-corrected chi connectivity index (χ2v) is 9.18. The molecule has 0 fully saturated rings. The van der Waals surface area contributed by atoms with Crippen molar-refractivity contribution in [2.45, 2.75) is 25.4 Å². The number of rotatable bonds is 7. The number of amides is 1. The highest BCUT2D eigenvalue weighted by Crippen LogP contribution is 2.33. The Morgan fingerprint density at radius 2 is 1.93 bits per heavy atom. The minimum atomic E-state index is -0.458. The maximum Gasteiger partial charge on any atom is 0.341 e. The number of carbonyl (C=O) groups excluding carboxylic acids is 2. The zero-order valence-corrected chi connectivity index (χ0v) is 19.4. The van der Waals surface area contributed by atoms with Crippen LogP contribution in [0.15, 0.2) is 29.4 Å². The standard InChI is InChI=1S/C20H21ClN4O3S2/c1-11-12(2)30-18(17(11)19(27)28-4)22-16(26)10-29-20-24-23-15(25(20)3)9-13-5-7-14(21)8-6-13/h5-8H,9-10H2,1-4H3,(H,22,26). The lowest BCUT2D eigenvalue weighted by Crippen LogP contribution is -2.16. The van der Waals surface area contributed by atoms with Crippen molar-refractivity contribution in [3.63, 3.8) is 0 Å². The molecule has 3 aromatic rings. The summed E-state index contributed by atoms with van der Waals surface area (Å²) in [5.41, 5.74) is 2.29. The van der Waals surface area contributed by atoms with E-state index < -0.39 is 5.97 Å². The van der Waals surface area contributed by atoms with Gasteiger partial charge in [-0.1, -0.05) is 35.5 Å². The first kappa shape index (κ1) is 22.3. The van der Waals surface area contributed by atoms with E-state index in [9.17, 15) is 9.59 Å². The molecule has 0 saturated carbocycles. The number of aromatic nitrogens is 3. The van der Waals surface area contributed by atoms with Crippen LogP contribution in [0.2, 0.25) is 5.02 Å². The van der Waals surface area contributed by atoms with Crippen LogP contribution < -0.4 is 5.32 Å². The zero-order valence-electron chi connectivity index (χ0n) is 17.0. The van der Waals surface area contributed by atoms with Crippen LogP contribution >= 0.6 is 34.7 Å². The predicted octanol–water partition coefficient (Wildman–Crippen LogP) is 4.26. The molecule has 30 heavy (non-hydrogen) atoms. The summed E-state index contributed by atoms with van der Waals surface area (Å²) in [6.07, 6.45) is 0.615. The molecule has 2 aromatic heterocycles. The van der Waals surface area contributed by atoms with Crippen molar-refractivity contribution in [1.82, 2.24) is 14.8 Å². The molecular formula is C20H21ClN4O3S2. The molecule has 0 unspecified atom stereocenters. The number of esters is 1. The van der Waals surface area contributed by atoms with E-state index in [1.54, 1.807) is 0 Å². The molecule has 10 heteroatoms. The van der Waals surface area contributed by atoms with Gasteiger partial charge in [-0.3, -0.25) is 4.79 Å². The van der Waals surface area contributed by atoms with Gasteiger partial charge >= 0.3 is 5.97 Å². The maximum absolute atomic E-state index is 12.5. The second-order valence-electron chi connectivity index (χ2n) is 6.58. The molecule has 0 saturated heterocycles. The molecule has 0 aliphatic rings. The average molecular weight is 465 g/mol. The summed E-state index contributed by atoms with van der Waals surface area (Å²) in [5, 5.41) is 13.1. The Kier molecular flexibility index (Phi) is 7.17. The van der Waals surface area contributed by atoms with Crippen LogP contribution in [-0.2, 0) is 23.0 Å². The number of ether oxygens (including phenoxy) is 1. The fourth-order valence-corrected chi connectivity index (χ4v) is 4.69. The Bertz CT molecular complexity index is 1080. The molecule has 2 heterocycles. The number of aryl methyl sites for hydroxylation is 1. The number of hydrogen-bond acceptors (Lipinski definition) is 7. The highest BCUT2D eigenvalue weighted by atomic mass is 35.5. The van der Waals surface area contributed by atoms with E-state index in [-0.39, 0.29) is 11.7 Å². The van der Waals surface area contributed by atoms with Crippen molar-refractivity contribution < 1.29 is 14.3 Å². The van der Waals surface area contributed by atoms with Crippen molar-refractivity contribution >= 4 is 51.6 Å². The number of thiophene rings is 1. The van der Waals surface area contributed by atoms with E-state index in [2.05, 4.69) is 15.5 Å². The molecule has 0 aliphatic carbocycles. The first-order valence-corrected chi connectivity index (χ1v) is 11.2. The molecular weight excluding hydrogens is 444 g/mol. The van der Waals surface area contributed by atoms with Crippen LogP contribution in [0.25, 0.3) is 0 Å². The van der Waals surface area contributed by atoms with Crippen LogP contribution in [-0.4, -0.2) is 39.5 Å². The van der Waals surface area contributed by atoms with Gasteiger partial charge in [0.1, 0.15) is 10.8 Å². The number of hydrogen-bond donors (Lipinski definition) is 1. The van der Waals surface area contributed by atoms with Crippen molar-refractivity contribution in [3.8, 4) is 0 Å². The van der Waals surface area contributed by atoms with E-state index in [4.69, 9.17) is 16.3 Å². The van der Waals surface area contributed by atoms with Gasteiger partial charge in [-0.15, -0.1) is 21.5 Å². The number of carbonyl (C=O) groups is 2. The Hall–Kier alpha value is -2.36. The molecule has 7 nitrogen and oxygen atoms in total. The second kappa shape index (κ2) is 9.63. The summed E-state index contributed by atoms with van der Waals surface area (Å²) in [4.78, 5) is 25.5. The van der Waals surface area contributed by atoms with Gasteiger partial charge in [-0.05, 0) is 37.1 Å². The van der Waals surface area contributed by atoms with Gasteiger partial charge in [-0.25, -0.2) is 4.79 Å². The summed E-state index contributed by atoms with van der Waals surface area (Å²) in [6, 6.07) is 7.57. The first-order valence-electron chi connectivity index (χ1n) is 9.03. The summed E-state index contributed by atoms with van der Waals surface area (Å²) >= 11 is 8.57. The molecule has 158 valence electrons. The molecule has 1 N–H and O–H groups in total. The number of nitrogens with zero attached hydrogens (tertiary/aromatic N) is 3. The molecule has 1 amide bonds. The minimum absolute atomic E-state index is 0.142. The van der Waals surface area contributed by atoms with Crippen LogP contribution in [0.3, 0.4) is 0 Å². The summed E-state index contributed by atoms with van der Waals surface area (Å²) in [5.74, 6) is 0.245. The van der Waals surface area contributed by atoms with Crippen molar-refractivity contribution in [3.05, 3.63) is 56.7 Å². The van der Waals surface area contributed by atoms with Crippen LogP contribution in [0.5, 0.6) is 0 Å².